The molecule has 8 nitrogen and oxygen atoms in total. The van der Waals surface area contributed by atoms with Gasteiger partial charge in [-0.15, -0.1) is 5.10 Å². The van der Waals surface area contributed by atoms with Crippen molar-refractivity contribution < 1.29 is 9.90 Å². The largest absolute Gasteiger partial charge is 0.476 e. The highest BCUT2D eigenvalue weighted by molar-refractivity contribution is 9.13. The summed E-state index contributed by atoms with van der Waals surface area (Å²) in [4.78, 5) is 14.0. The molecule has 0 radical (unpaired) electrons. The number of nitrogen functional groups attached to an aromatic ring is 1. The Balaban J connectivity index is 0.000000161. The van der Waals surface area contributed by atoms with Crippen molar-refractivity contribution in [3.05, 3.63) is 45.5 Å². The molecule has 0 aliphatic carbocycles. The van der Waals surface area contributed by atoms with E-state index >= 15 is 0 Å². The van der Waals surface area contributed by atoms with Crippen LogP contribution in [0, 0.1) is 0 Å². The number of aromatic nitrogens is 5. The summed E-state index contributed by atoms with van der Waals surface area (Å²) in [6.07, 6.45) is 4.66. The molecular formula is C11H8Br2N6O2. The van der Waals surface area contributed by atoms with Crippen molar-refractivity contribution in [2.45, 2.75) is 0 Å². The first-order valence-corrected chi connectivity index (χ1v) is 7.03. The third kappa shape index (κ3) is 3.52. The van der Waals surface area contributed by atoms with Crippen molar-refractivity contribution in [2.24, 2.45) is 0 Å². The normalized spacial score (nSPS) is 10.0. The van der Waals surface area contributed by atoms with Gasteiger partial charge in [-0.25, -0.2) is 14.3 Å². The lowest BCUT2D eigenvalue weighted by Crippen LogP contribution is -1.99. The number of nitrogens with zero attached hydrogens (tertiary/aromatic N) is 5. The van der Waals surface area contributed by atoms with Gasteiger partial charge in [0.25, 0.3) is 0 Å². The molecule has 0 aromatic carbocycles. The number of aromatic carboxylic acids is 1. The van der Waals surface area contributed by atoms with Crippen LogP contribution < -0.4 is 5.73 Å². The van der Waals surface area contributed by atoms with E-state index < -0.39 is 5.97 Å². The van der Waals surface area contributed by atoms with Crippen LogP contribution in [0.2, 0.25) is 0 Å². The molecule has 0 fully saturated rings. The quantitative estimate of drug-likeness (QED) is 0.623. The van der Waals surface area contributed by atoms with E-state index in [0.717, 1.165) is 14.5 Å². The van der Waals surface area contributed by atoms with Crippen molar-refractivity contribution in [1.29, 1.82) is 0 Å². The van der Waals surface area contributed by atoms with Gasteiger partial charge in [-0.1, -0.05) is 0 Å². The number of carboxylic acids is 1. The molecule has 21 heavy (non-hydrogen) atoms. The van der Waals surface area contributed by atoms with Crippen molar-refractivity contribution in [3.63, 3.8) is 0 Å². The van der Waals surface area contributed by atoms with Crippen LogP contribution in [-0.4, -0.2) is 35.9 Å². The molecule has 0 aliphatic heterocycles. The second kappa shape index (κ2) is 6.59. The summed E-state index contributed by atoms with van der Waals surface area (Å²) in [5.41, 5.74) is 6.40. The smallest absolute Gasteiger partial charge is 0.356 e. The number of fused-ring (bicyclic) bond motifs is 1. The number of nitrogens with two attached hydrogens (primary N) is 1. The molecule has 3 rings (SSSR count). The van der Waals surface area contributed by atoms with Crippen molar-refractivity contribution in [1.82, 2.24) is 24.8 Å². The minimum absolute atomic E-state index is 0.0301. The van der Waals surface area contributed by atoms with Gasteiger partial charge in [-0.05, 0) is 44.0 Å². The highest BCUT2D eigenvalue weighted by Gasteiger charge is 2.09. The van der Waals surface area contributed by atoms with Crippen LogP contribution in [0.15, 0.2) is 39.8 Å². The predicted molar refractivity (Wildman–Crippen MR) is 81.8 cm³/mol. The second-order valence-corrected chi connectivity index (χ2v) is 5.29. The van der Waals surface area contributed by atoms with E-state index in [-0.39, 0.29) is 5.69 Å². The van der Waals surface area contributed by atoms with E-state index in [1.54, 1.807) is 4.52 Å². The summed E-state index contributed by atoms with van der Waals surface area (Å²) in [5.74, 6) is -0.592. The van der Waals surface area contributed by atoms with E-state index in [4.69, 9.17) is 10.8 Å². The van der Waals surface area contributed by atoms with E-state index in [9.17, 15) is 4.79 Å². The van der Waals surface area contributed by atoms with E-state index in [1.807, 2.05) is 6.20 Å². The van der Waals surface area contributed by atoms with Crippen molar-refractivity contribution >= 4 is 49.2 Å². The molecule has 0 amide bonds. The van der Waals surface area contributed by atoms with Crippen molar-refractivity contribution in [2.75, 3.05) is 5.73 Å². The summed E-state index contributed by atoms with van der Waals surface area (Å²) in [6, 6.07) is 2.91. The number of halogens is 2. The van der Waals surface area contributed by atoms with Gasteiger partial charge in [-0.3, -0.25) is 0 Å². The van der Waals surface area contributed by atoms with E-state index in [2.05, 4.69) is 52.1 Å². The van der Waals surface area contributed by atoms with Crippen molar-refractivity contribution in [3.8, 4) is 0 Å². The van der Waals surface area contributed by atoms with Crippen LogP contribution in [0.4, 0.5) is 5.82 Å². The Morgan fingerprint density at radius 2 is 2.14 bits per heavy atom. The molecule has 0 bridgehead atoms. The SMILES string of the molecule is Nc1ncnn2cc(Br)c(Br)c12.O=C(O)c1cccnn1. The van der Waals surface area contributed by atoms with Crippen LogP contribution in [0.25, 0.3) is 5.52 Å². The summed E-state index contributed by atoms with van der Waals surface area (Å²) < 4.78 is 3.45. The van der Waals surface area contributed by atoms with Crippen LogP contribution in [0.5, 0.6) is 0 Å². The van der Waals surface area contributed by atoms with Gasteiger partial charge < -0.3 is 10.8 Å². The third-order valence-corrected chi connectivity index (χ3v) is 4.23. The van der Waals surface area contributed by atoms with Gasteiger partial charge in [-0.2, -0.15) is 10.2 Å². The average Bonchev–Trinajstić information content (AvgIpc) is 2.77. The van der Waals surface area contributed by atoms with Crippen LogP contribution in [-0.2, 0) is 0 Å². The Labute approximate surface area is 135 Å². The fourth-order valence-electron chi connectivity index (χ4n) is 1.38. The first kappa shape index (κ1) is 15.3. The lowest BCUT2D eigenvalue weighted by molar-refractivity contribution is 0.0689. The molecule has 0 unspecified atom stereocenters. The number of carbonyl (C=O) groups is 1. The summed E-state index contributed by atoms with van der Waals surface area (Å²) in [6.45, 7) is 0. The molecule has 10 heteroatoms. The molecule has 3 N–H and O–H groups in total. The maximum Gasteiger partial charge on any atom is 0.356 e. The molecule has 108 valence electrons. The topological polar surface area (TPSA) is 119 Å². The maximum atomic E-state index is 10.1. The number of hydrogen-bond donors (Lipinski definition) is 2. The second-order valence-electron chi connectivity index (χ2n) is 3.64. The highest BCUT2D eigenvalue weighted by atomic mass is 79.9. The number of anilines is 1. The zero-order chi connectivity index (χ0) is 15.4. The van der Waals surface area contributed by atoms with Gasteiger partial charge in [0.05, 0.1) is 8.95 Å². The first-order valence-electron chi connectivity index (χ1n) is 5.44. The fraction of sp³-hybridized carbons (Fsp3) is 0. The monoisotopic (exact) mass is 414 g/mol. The first-order chi connectivity index (χ1) is 10.0. The third-order valence-electron chi connectivity index (χ3n) is 2.29. The molecule has 0 spiro atoms. The van der Waals surface area contributed by atoms with Gasteiger partial charge >= 0.3 is 5.97 Å². The zero-order valence-corrected chi connectivity index (χ0v) is 13.5. The molecule has 3 aromatic heterocycles. The maximum absolute atomic E-state index is 10.1. The molecule has 0 saturated carbocycles. The molecule has 3 aromatic rings. The Hall–Kier alpha value is -2.07. The highest BCUT2D eigenvalue weighted by Crippen LogP contribution is 2.30. The predicted octanol–water partition coefficient (Wildman–Crippen LogP) is 2.01. The van der Waals surface area contributed by atoms with Gasteiger partial charge in [0.1, 0.15) is 11.8 Å². The number of hydrogen-bond acceptors (Lipinski definition) is 6. The Bertz CT molecular complexity index is 777. The summed E-state index contributed by atoms with van der Waals surface area (Å²) >= 11 is 6.73. The Kier molecular flexibility index (Phi) is 4.81. The average molecular weight is 416 g/mol. The number of rotatable bonds is 1. The molecular weight excluding hydrogens is 408 g/mol. The van der Waals surface area contributed by atoms with Crippen LogP contribution >= 0.6 is 31.9 Å². The number of carboxylic acid groups (broad SMARTS) is 1. The van der Waals surface area contributed by atoms with Crippen LogP contribution in [0.3, 0.4) is 0 Å². The molecule has 0 atom stereocenters. The Morgan fingerprint density at radius 1 is 1.38 bits per heavy atom. The minimum atomic E-state index is -1.05. The zero-order valence-electron chi connectivity index (χ0n) is 10.3. The summed E-state index contributed by atoms with van der Waals surface area (Å²) in [5, 5.41) is 19.0. The fourth-order valence-corrected chi connectivity index (χ4v) is 2.25. The Morgan fingerprint density at radius 3 is 2.67 bits per heavy atom. The van der Waals surface area contributed by atoms with Gasteiger partial charge in [0.2, 0.25) is 0 Å². The minimum Gasteiger partial charge on any atom is -0.476 e. The van der Waals surface area contributed by atoms with E-state index in [0.29, 0.717) is 5.82 Å². The lowest BCUT2D eigenvalue weighted by atomic mass is 10.4. The molecule has 0 aliphatic rings. The van der Waals surface area contributed by atoms with Crippen LogP contribution in [0.1, 0.15) is 10.5 Å². The molecule has 3 heterocycles. The standard InChI is InChI=1S/C6H4Br2N4.C5H4N2O2/c7-3-1-12-5(4(3)8)6(9)10-2-11-12;8-5(9)4-2-1-3-6-7-4/h1-2H,(H2,9,10,11);1-3H,(H,8,9). The summed E-state index contributed by atoms with van der Waals surface area (Å²) in [7, 11) is 0. The van der Waals surface area contributed by atoms with E-state index in [1.165, 1.54) is 24.7 Å². The van der Waals surface area contributed by atoms with Gasteiger partial charge in [0, 0.05) is 12.4 Å². The van der Waals surface area contributed by atoms with Gasteiger partial charge in [0.15, 0.2) is 11.5 Å². The lowest BCUT2D eigenvalue weighted by Gasteiger charge is -1.95. The molecule has 0 saturated heterocycles.